The van der Waals surface area contributed by atoms with Gasteiger partial charge in [0.15, 0.2) is 109 Å². The van der Waals surface area contributed by atoms with Crippen molar-refractivity contribution < 1.29 is 159 Å². The van der Waals surface area contributed by atoms with Crippen LogP contribution < -0.4 is 58.5 Å². The molecule has 35 heteroatoms. The number of fused-ring (bicyclic) bond motifs is 2. The summed E-state index contributed by atoms with van der Waals surface area (Å²) in [6.45, 7) is 14.4. The fourth-order valence-electron chi connectivity index (χ4n) is 7.59. The van der Waals surface area contributed by atoms with Gasteiger partial charge in [-0.15, -0.1) is 0 Å². The molecule has 9 rings (SSSR count). The molecule has 0 aliphatic rings. The SMILES string of the molecule is CC(C)=O.CCOCC.CCOCC.Fc1c(F)c(F)c(P(Oc2ccc3ccccc3c2-c2c(OP(c3c(F)c(F)c(F)c(F)c3F)c3c(F)c(F)c(F)c(F)c3F)ccc3ccccc23)c2c(F)c(F)c(F)c(F)c2F)c(F)c1F.[F-].[F-].[F-].[F-].[F-].[F-].[Ru+2].[Sb+5].c1cc[cH-]c1. The number of benzene rings is 8. The molecule has 518 valence electrons. The Hall–Kier alpha value is -6.70. The molecule has 0 spiro atoms. The smallest absolute Gasteiger partial charge is 1.00 e. The molecule has 0 aliphatic carbocycles. The molecule has 0 atom stereocenters. The molecule has 0 radical (unpaired) electrons. The van der Waals surface area contributed by atoms with Crippen molar-refractivity contribution in [3.63, 3.8) is 0 Å². The van der Waals surface area contributed by atoms with E-state index in [0.29, 0.717) is 12.1 Å². The Bertz CT molecular complexity index is 3440. The molecule has 0 N–H and O–H groups in total. The number of carbonyl (C=O) groups excluding carboxylic acids is 1. The van der Waals surface area contributed by atoms with Crippen molar-refractivity contribution in [2.24, 2.45) is 0 Å². The van der Waals surface area contributed by atoms with E-state index in [4.69, 9.17) is 18.5 Å². The fraction of sp³-hybridized carbons (Fsp3) is 0.167. The van der Waals surface area contributed by atoms with Crippen molar-refractivity contribution >= 4 is 89.3 Å². The Balaban J connectivity index is -0.00000134. The van der Waals surface area contributed by atoms with Crippen LogP contribution in [0.3, 0.4) is 0 Å². The number of carbonyl (C=O) groups is 1. The molecular weight excluding hydrogens is 1580 g/mol. The van der Waals surface area contributed by atoms with E-state index in [1.807, 2.05) is 58.0 Å². The standard InChI is InChI=1S/C44H12F20O2P2.C5H5.2C4H10O.C3H6O.6FH.Ru.Sb/c45-21-25(49)33(57)41(34(58)26(21)50)67(42-35(59)27(51)22(46)28(52)36(42)60)65-17-11-9-13-5-1-3-7-15(13)19(17)20-16-8-4-2-6-14(16)10-12-18(20)66-68(43-37(61)29(53)23(47)30(54)38(43)62)44-39(63)31(55)24(48)32(56)40(44)64;1-2-4-5-3-1;2*1-3-5-4-2;1-3(2)4;;;;;;;;/h1-12H;1-5H;2*3-4H2,1-2H3;1-2H3;6*1H;;/q;-1;;;;;;;;;;+2;+5/p-6. The summed E-state index contributed by atoms with van der Waals surface area (Å²) in [5, 5.41) is -9.80. The van der Waals surface area contributed by atoms with E-state index in [0.717, 1.165) is 50.7 Å². The largest absolute Gasteiger partial charge is 5.00 e. The third kappa shape index (κ3) is 20.9. The van der Waals surface area contributed by atoms with Gasteiger partial charge in [-0.2, -0.15) is 18.2 Å². The number of Topliss-reactive ketones (excluding diaryl/α,β-unsaturated/α-hetero) is 1. The van der Waals surface area contributed by atoms with Crippen LogP contribution in [-0.4, -0.2) is 56.6 Å². The van der Waals surface area contributed by atoms with Crippen molar-refractivity contribution in [1.82, 2.24) is 0 Å². The first kappa shape index (κ1) is 94.7. The van der Waals surface area contributed by atoms with Gasteiger partial charge in [-0.3, -0.25) is 0 Å². The van der Waals surface area contributed by atoms with E-state index in [1.165, 1.54) is 50.2 Å². The molecule has 0 amide bonds. The van der Waals surface area contributed by atoms with E-state index < -0.39 is 176 Å². The Labute approximate surface area is 555 Å². The van der Waals surface area contributed by atoms with Gasteiger partial charge in [-0.1, -0.05) is 60.7 Å². The number of halogens is 26. The van der Waals surface area contributed by atoms with Crippen molar-refractivity contribution in [2.75, 3.05) is 26.4 Å². The topological polar surface area (TPSA) is 54.0 Å². The minimum Gasteiger partial charge on any atom is -1.00 e. The molecule has 0 bridgehead atoms. The second-order valence-corrected chi connectivity index (χ2v) is 20.5. The van der Waals surface area contributed by atoms with E-state index in [1.54, 1.807) is 0 Å². The maximum absolute atomic E-state index is 15.7. The fourth-order valence-corrected chi connectivity index (χ4v) is 11.3. The molecule has 5 nitrogen and oxygen atoms in total. The third-order valence-electron chi connectivity index (χ3n) is 11.3. The van der Waals surface area contributed by atoms with E-state index in [9.17, 15) is 57.5 Å². The zero-order valence-electron chi connectivity index (χ0n) is 48.7. The van der Waals surface area contributed by atoms with Crippen molar-refractivity contribution in [2.45, 2.75) is 41.5 Å². The van der Waals surface area contributed by atoms with Gasteiger partial charge in [0.05, 0.1) is 21.2 Å². The minimum atomic E-state index is -4.61. The molecule has 95 heavy (non-hydrogen) atoms. The van der Waals surface area contributed by atoms with Crippen LogP contribution in [0.4, 0.5) is 87.8 Å². The number of ether oxygens (including phenoxy) is 2. The summed E-state index contributed by atoms with van der Waals surface area (Å²) in [5.74, 6) is -59.3. The molecule has 0 aromatic heterocycles. The number of hydrogen-bond donors (Lipinski definition) is 0. The molecule has 0 heterocycles. The average molecular weight is 1620 g/mol. The van der Waals surface area contributed by atoms with Crippen LogP contribution in [0.15, 0.2) is 103 Å². The van der Waals surface area contributed by atoms with E-state index in [2.05, 4.69) is 0 Å². The van der Waals surface area contributed by atoms with Gasteiger partial charge in [-0.25, -0.2) is 99.9 Å². The van der Waals surface area contributed by atoms with Crippen LogP contribution in [0.5, 0.6) is 11.5 Å². The van der Waals surface area contributed by atoms with Crippen LogP contribution >= 0.6 is 16.3 Å². The summed E-state index contributed by atoms with van der Waals surface area (Å²) in [6.07, 6.45) is 0. The summed E-state index contributed by atoms with van der Waals surface area (Å²) in [4.78, 5) is 9.44. The average Bonchev–Trinajstić information content (AvgIpc) is 1.03. The van der Waals surface area contributed by atoms with Crippen LogP contribution in [0.2, 0.25) is 0 Å². The van der Waals surface area contributed by atoms with E-state index in [-0.39, 0.29) is 99.5 Å². The molecule has 0 saturated heterocycles. The quantitative estimate of drug-likeness (QED) is 0.0372. The van der Waals surface area contributed by atoms with Gasteiger partial charge < -0.3 is 51.5 Å². The van der Waals surface area contributed by atoms with Crippen molar-refractivity contribution in [1.29, 1.82) is 0 Å². The summed E-state index contributed by atoms with van der Waals surface area (Å²) in [6, 6.07) is 23.4. The van der Waals surface area contributed by atoms with Gasteiger partial charge in [-0.05, 0) is 75.2 Å². The Morgan fingerprint density at radius 3 is 0.716 bits per heavy atom. The Morgan fingerprint density at radius 2 is 0.537 bits per heavy atom. The number of rotatable bonds is 13. The molecule has 0 saturated carbocycles. The second kappa shape index (κ2) is 42.8. The van der Waals surface area contributed by atoms with Crippen LogP contribution in [-0.2, 0) is 33.7 Å². The summed E-state index contributed by atoms with van der Waals surface area (Å²) >= 11 is 0. The second-order valence-electron chi connectivity index (χ2n) is 17.2. The van der Waals surface area contributed by atoms with Crippen molar-refractivity contribution in [3.8, 4) is 22.6 Å². The minimum absolute atomic E-state index is 0. The summed E-state index contributed by atoms with van der Waals surface area (Å²) < 4.78 is 323. The maximum Gasteiger partial charge on any atom is 5.00 e. The molecule has 9 aromatic carbocycles. The summed E-state index contributed by atoms with van der Waals surface area (Å²) in [7, 11) is -9.22. The normalized spacial score (nSPS) is 10.0. The van der Waals surface area contributed by atoms with Crippen LogP contribution in [0, 0.1) is 116 Å². The monoisotopic (exact) mass is 1620 g/mol. The molecule has 0 unspecified atom stereocenters. The number of hydrogen-bond acceptors (Lipinski definition) is 5. The predicted molar refractivity (Wildman–Crippen MR) is 294 cm³/mol. The Morgan fingerprint density at radius 1 is 0.337 bits per heavy atom. The first-order valence-electron chi connectivity index (χ1n) is 25.0. The van der Waals surface area contributed by atoms with Crippen LogP contribution in [0.25, 0.3) is 32.7 Å². The predicted octanol–water partition coefficient (Wildman–Crippen LogP) is -0.977. The molecular formula is C60H43F26O5P2RuSb. The Kier molecular flexibility index (Phi) is 42.6. The zero-order valence-corrected chi connectivity index (χ0v) is 54.8. The molecule has 0 fully saturated rings. The first-order chi connectivity index (χ1) is 41.2. The third-order valence-corrected chi connectivity index (χ3v) is 15.3. The van der Waals surface area contributed by atoms with Crippen LogP contribution in [0.1, 0.15) is 41.5 Å². The van der Waals surface area contributed by atoms with E-state index >= 15 is 35.1 Å². The first-order valence-corrected chi connectivity index (χ1v) is 27.5. The van der Waals surface area contributed by atoms with Gasteiger partial charge in [0, 0.05) is 37.6 Å². The van der Waals surface area contributed by atoms with Gasteiger partial charge >= 0.3 is 43.9 Å². The zero-order chi connectivity index (χ0) is 64.9. The molecule has 0 aliphatic heterocycles. The van der Waals surface area contributed by atoms with Gasteiger partial charge in [0.25, 0.3) is 0 Å². The molecule has 9 aromatic rings. The number of ketones is 1. The van der Waals surface area contributed by atoms with Gasteiger partial charge in [0.2, 0.25) is 23.3 Å². The van der Waals surface area contributed by atoms with Crippen molar-refractivity contribution in [3.05, 3.63) is 219 Å². The maximum atomic E-state index is 15.7. The van der Waals surface area contributed by atoms with Gasteiger partial charge in [0.1, 0.15) is 17.3 Å². The summed E-state index contributed by atoms with van der Waals surface area (Å²) in [5.41, 5.74) is -1.47.